The first-order valence-corrected chi connectivity index (χ1v) is 7.88. The van der Waals surface area contributed by atoms with Crippen molar-refractivity contribution in [2.75, 3.05) is 13.1 Å². The third-order valence-corrected chi connectivity index (χ3v) is 5.08. The van der Waals surface area contributed by atoms with Crippen LogP contribution < -0.4 is 10.9 Å². The molecule has 3 rings (SSSR count). The number of rotatable bonds is 2. The highest BCUT2D eigenvalue weighted by atomic mass is 79.9. The molecule has 106 valence electrons. The van der Waals surface area contributed by atoms with Crippen LogP contribution in [0.5, 0.6) is 0 Å². The summed E-state index contributed by atoms with van der Waals surface area (Å²) in [5, 5.41) is 4.27. The second-order valence-electron chi connectivity index (χ2n) is 5.15. The molecule has 0 saturated carbocycles. The summed E-state index contributed by atoms with van der Waals surface area (Å²) in [5.41, 5.74) is 0.588. The highest BCUT2D eigenvalue weighted by Crippen LogP contribution is 2.27. The third-order valence-electron chi connectivity index (χ3n) is 3.80. The zero-order valence-corrected chi connectivity index (χ0v) is 13.2. The molecule has 6 heteroatoms. The maximum Gasteiger partial charge on any atom is 0.262 e. The van der Waals surface area contributed by atoms with Gasteiger partial charge in [0.05, 0.1) is 22.3 Å². The lowest BCUT2D eigenvalue weighted by molar-refractivity contribution is 0.329. The molecule has 1 fully saturated rings. The van der Waals surface area contributed by atoms with Crippen LogP contribution in [0.15, 0.2) is 27.7 Å². The van der Waals surface area contributed by atoms with Gasteiger partial charge in [-0.15, -0.1) is 0 Å². The molecule has 20 heavy (non-hydrogen) atoms. The molecule has 0 radical (unpaired) electrons. The minimum atomic E-state index is -0.0557. The van der Waals surface area contributed by atoms with E-state index in [1.165, 1.54) is 0 Å². The summed E-state index contributed by atoms with van der Waals surface area (Å²) in [4.78, 5) is 16.9. The van der Waals surface area contributed by atoms with Crippen molar-refractivity contribution >= 4 is 38.4 Å². The van der Waals surface area contributed by atoms with Crippen LogP contribution in [0.2, 0.25) is 5.02 Å². The number of nitrogens with one attached hydrogen (secondary N) is 1. The zero-order chi connectivity index (χ0) is 14.1. The number of hydrogen-bond donors (Lipinski definition) is 1. The van der Waals surface area contributed by atoms with E-state index in [2.05, 4.69) is 26.2 Å². The molecule has 1 aliphatic heterocycles. The van der Waals surface area contributed by atoms with Gasteiger partial charge >= 0.3 is 0 Å². The molecule has 2 aromatic rings. The predicted molar refractivity (Wildman–Crippen MR) is 84.3 cm³/mol. The largest absolute Gasteiger partial charge is 0.317 e. The van der Waals surface area contributed by atoms with Crippen molar-refractivity contribution in [1.29, 1.82) is 0 Å². The van der Waals surface area contributed by atoms with Gasteiger partial charge in [-0.3, -0.25) is 9.36 Å². The van der Waals surface area contributed by atoms with Crippen molar-refractivity contribution in [3.63, 3.8) is 0 Å². The molecule has 0 spiro atoms. The predicted octanol–water partition coefficient (Wildman–Crippen LogP) is 2.81. The fourth-order valence-electron chi connectivity index (χ4n) is 2.65. The van der Waals surface area contributed by atoms with Gasteiger partial charge in [-0.25, -0.2) is 4.98 Å². The van der Waals surface area contributed by atoms with Crippen molar-refractivity contribution in [1.82, 2.24) is 14.9 Å². The SMILES string of the molecule is O=c1c2c(Cl)c(Br)ccc2ncn1CC1CCNCC1. The minimum Gasteiger partial charge on any atom is -0.317 e. The van der Waals surface area contributed by atoms with Gasteiger partial charge in [0.2, 0.25) is 0 Å². The Balaban J connectivity index is 2.02. The van der Waals surface area contributed by atoms with Gasteiger partial charge in [-0.2, -0.15) is 0 Å². The van der Waals surface area contributed by atoms with E-state index < -0.39 is 0 Å². The highest BCUT2D eigenvalue weighted by Gasteiger charge is 2.16. The second-order valence-corrected chi connectivity index (χ2v) is 6.38. The summed E-state index contributed by atoms with van der Waals surface area (Å²) in [6, 6.07) is 3.62. The van der Waals surface area contributed by atoms with Crippen LogP contribution >= 0.6 is 27.5 Å². The van der Waals surface area contributed by atoms with E-state index in [1.54, 1.807) is 10.9 Å². The smallest absolute Gasteiger partial charge is 0.262 e. The Labute approximate surface area is 130 Å². The van der Waals surface area contributed by atoms with Crippen molar-refractivity contribution < 1.29 is 0 Å². The first-order valence-electron chi connectivity index (χ1n) is 6.70. The van der Waals surface area contributed by atoms with Crippen molar-refractivity contribution in [2.45, 2.75) is 19.4 Å². The Bertz CT molecular complexity index is 695. The number of hydrogen-bond acceptors (Lipinski definition) is 3. The average molecular weight is 357 g/mol. The maximum atomic E-state index is 12.6. The molecular formula is C14H15BrClN3O. The lowest BCUT2D eigenvalue weighted by Gasteiger charge is -2.23. The number of fused-ring (bicyclic) bond motifs is 1. The van der Waals surface area contributed by atoms with Gasteiger partial charge in [0.25, 0.3) is 5.56 Å². The standard InChI is InChI=1S/C14H15BrClN3O/c15-10-1-2-11-12(13(10)16)14(20)19(8-18-11)7-9-3-5-17-6-4-9/h1-2,8-9,17H,3-7H2. The molecular weight excluding hydrogens is 342 g/mol. The van der Waals surface area contributed by atoms with E-state index in [-0.39, 0.29) is 5.56 Å². The molecule has 1 N–H and O–H groups in total. The molecule has 1 saturated heterocycles. The van der Waals surface area contributed by atoms with Gasteiger partial charge in [0.1, 0.15) is 0 Å². The van der Waals surface area contributed by atoms with Crippen LogP contribution in [0.1, 0.15) is 12.8 Å². The summed E-state index contributed by atoms with van der Waals surface area (Å²) in [6.45, 7) is 2.76. The Morgan fingerprint density at radius 1 is 1.40 bits per heavy atom. The van der Waals surface area contributed by atoms with E-state index in [1.807, 2.05) is 12.1 Å². The number of nitrogens with zero attached hydrogens (tertiary/aromatic N) is 2. The summed E-state index contributed by atoms with van der Waals surface area (Å²) in [7, 11) is 0. The molecule has 0 unspecified atom stereocenters. The number of benzene rings is 1. The lowest BCUT2D eigenvalue weighted by atomic mass is 9.98. The van der Waals surface area contributed by atoms with Crippen LogP contribution in [0.4, 0.5) is 0 Å². The average Bonchev–Trinajstić information content (AvgIpc) is 2.47. The summed E-state index contributed by atoms with van der Waals surface area (Å²) >= 11 is 9.59. The summed E-state index contributed by atoms with van der Waals surface area (Å²) < 4.78 is 2.42. The summed E-state index contributed by atoms with van der Waals surface area (Å²) in [5.74, 6) is 0.527. The van der Waals surface area contributed by atoms with Crippen molar-refractivity contribution in [2.24, 2.45) is 5.92 Å². The van der Waals surface area contributed by atoms with Gasteiger partial charge in [-0.1, -0.05) is 11.6 Å². The van der Waals surface area contributed by atoms with Gasteiger partial charge in [0.15, 0.2) is 0 Å². The fourth-order valence-corrected chi connectivity index (χ4v) is 3.22. The van der Waals surface area contributed by atoms with Crippen LogP contribution in [0, 0.1) is 5.92 Å². The number of halogens is 2. The Hall–Kier alpha value is -0.910. The Kier molecular flexibility index (Phi) is 4.10. The molecule has 0 bridgehead atoms. The van der Waals surface area contributed by atoms with Crippen LogP contribution in [0.3, 0.4) is 0 Å². The van der Waals surface area contributed by atoms with Crippen molar-refractivity contribution in [3.05, 3.63) is 38.3 Å². The first-order chi connectivity index (χ1) is 9.66. The molecule has 0 aliphatic carbocycles. The number of aromatic nitrogens is 2. The number of piperidine rings is 1. The highest BCUT2D eigenvalue weighted by molar-refractivity contribution is 9.10. The quantitative estimate of drug-likeness (QED) is 0.900. The molecule has 1 aliphatic rings. The van der Waals surface area contributed by atoms with E-state index in [4.69, 9.17) is 11.6 Å². The first kappa shape index (κ1) is 14.0. The third kappa shape index (κ3) is 2.62. The van der Waals surface area contributed by atoms with Gasteiger partial charge in [0, 0.05) is 11.0 Å². The second kappa shape index (κ2) is 5.84. The lowest BCUT2D eigenvalue weighted by Crippen LogP contribution is -2.32. The van der Waals surface area contributed by atoms with Gasteiger partial charge in [-0.05, 0) is 59.9 Å². The van der Waals surface area contributed by atoms with E-state index >= 15 is 0 Å². The molecule has 0 amide bonds. The topological polar surface area (TPSA) is 46.9 Å². The summed E-state index contributed by atoms with van der Waals surface area (Å²) in [6.07, 6.45) is 3.82. The van der Waals surface area contributed by atoms with E-state index in [0.717, 1.165) is 30.4 Å². The normalized spacial score (nSPS) is 16.7. The molecule has 1 aromatic carbocycles. The Morgan fingerprint density at radius 3 is 2.90 bits per heavy atom. The van der Waals surface area contributed by atoms with Gasteiger partial charge < -0.3 is 5.32 Å². The van der Waals surface area contributed by atoms with Crippen LogP contribution in [-0.2, 0) is 6.54 Å². The maximum absolute atomic E-state index is 12.6. The van der Waals surface area contributed by atoms with Crippen LogP contribution in [0.25, 0.3) is 10.9 Å². The Morgan fingerprint density at radius 2 is 2.15 bits per heavy atom. The monoisotopic (exact) mass is 355 g/mol. The molecule has 1 aromatic heterocycles. The molecule has 2 heterocycles. The molecule has 0 atom stereocenters. The van der Waals surface area contributed by atoms with E-state index in [9.17, 15) is 4.79 Å². The van der Waals surface area contributed by atoms with Crippen LogP contribution in [-0.4, -0.2) is 22.6 Å². The minimum absolute atomic E-state index is 0.0557. The van der Waals surface area contributed by atoms with Crippen molar-refractivity contribution in [3.8, 4) is 0 Å². The molecule has 4 nitrogen and oxygen atoms in total. The fraction of sp³-hybridized carbons (Fsp3) is 0.429. The van der Waals surface area contributed by atoms with E-state index in [0.29, 0.717) is 28.4 Å². The zero-order valence-electron chi connectivity index (χ0n) is 10.9.